The number of hydrogen-bond donors (Lipinski definition) is 1. The monoisotopic (exact) mass is 490 g/mol. The van der Waals surface area contributed by atoms with E-state index in [9.17, 15) is 13.2 Å². The minimum Gasteiger partial charge on any atom is -0.495 e. The van der Waals surface area contributed by atoms with Crippen molar-refractivity contribution < 1.29 is 22.4 Å². The number of sulfonamides is 1. The molecule has 0 radical (unpaired) electrons. The van der Waals surface area contributed by atoms with E-state index in [1.54, 1.807) is 44.3 Å². The van der Waals surface area contributed by atoms with Crippen molar-refractivity contribution in [3.63, 3.8) is 0 Å². The Morgan fingerprint density at radius 2 is 1.88 bits per heavy atom. The number of methoxy groups -OCH3 is 1. The van der Waals surface area contributed by atoms with Crippen LogP contribution in [0.5, 0.6) is 5.75 Å². The Hall–Kier alpha value is -2.55. The number of nitrogens with zero attached hydrogens (tertiary/aromatic N) is 1. The zero-order chi connectivity index (χ0) is 23.8. The number of anilines is 1. The molecule has 1 N–H and O–H groups in total. The summed E-state index contributed by atoms with van der Waals surface area (Å²) in [6.45, 7) is 1.74. The lowest BCUT2D eigenvalue weighted by Gasteiger charge is -2.30. The highest BCUT2D eigenvalue weighted by Crippen LogP contribution is 2.32. The maximum Gasteiger partial charge on any atom is 0.291 e. The molecule has 176 valence electrons. The Balaban J connectivity index is 1.61. The van der Waals surface area contributed by atoms with E-state index in [0.29, 0.717) is 33.0 Å². The van der Waals surface area contributed by atoms with Crippen molar-refractivity contribution in [2.75, 3.05) is 19.5 Å². The molecular weight excluding hydrogens is 464 g/mol. The molecule has 7 nitrogen and oxygen atoms in total. The number of halogens is 1. The SMILES string of the molecule is COc1ccc(NC(=O)c2oc3ccc(S(=O)(=O)N(C)C4CCCCC4)cc3c2C)cc1Cl. The molecule has 1 aliphatic carbocycles. The number of amides is 1. The molecule has 0 bridgehead atoms. The van der Waals surface area contributed by atoms with Gasteiger partial charge in [-0.1, -0.05) is 30.9 Å². The summed E-state index contributed by atoms with van der Waals surface area (Å²) in [5, 5.41) is 3.72. The van der Waals surface area contributed by atoms with Gasteiger partial charge in [0.15, 0.2) is 5.76 Å². The van der Waals surface area contributed by atoms with E-state index < -0.39 is 15.9 Å². The predicted octanol–water partition coefficient (Wildman–Crippen LogP) is 5.61. The first-order chi connectivity index (χ1) is 15.7. The van der Waals surface area contributed by atoms with Gasteiger partial charge < -0.3 is 14.5 Å². The maximum atomic E-state index is 13.2. The van der Waals surface area contributed by atoms with E-state index in [4.69, 9.17) is 20.8 Å². The summed E-state index contributed by atoms with van der Waals surface area (Å²) >= 11 is 6.14. The number of aryl methyl sites for hydroxylation is 1. The van der Waals surface area contributed by atoms with E-state index in [0.717, 1.165) is 32.1 Å². The molecule has 1 amide bonds. The van der Waals surface area contributed by atoms with Gasteiger partial charge in [0.1, 0.15) is 11.3 Å². The standard InChI is InChI=1S/C24H27ClN2O5S/c1-15-19-14-18(33(29,30)27(2)17-7-5-4-6-8-17)10-12-21(19)32-23(15)24(28)26-16-9-11-22(31-3)20(25)13-16/h9-14,17H,4-8H2,1-3H3,(H,26,28). The first-order valence-corrected chi connectivity index (χ1v) is 12.7. The van der Waals surface area contributed by atoms with Crippen molar-refractivity contribution >= 4 is 44.2 Å². The number of carbonyl (C=O) groups excluding carboxylic acids is 1. The molecule has 1 saturated carbocycles. The molecule has 1 aliphatic rings. The third-order valence-electron chi connectivity index (χ3n) is 6.29. The molecule has 9 heteroatoms. The van der Waals surface area contributed by atoms with E-state index in [2.05, 4.69) is 5.32 Å². The molecule has 2 aromatic carbocycles. The lowest BCUT2D eigenvalue weighted by Crippen LogP contribution is -2.38. The summed E-state index contributed by atoms with van der Waals surface area (Å²) in [5.41, 5.74) is 1.51. The zero-order valence-corrected chi connectivity index (χ0v) is 20.4. The second-order valence-corrected chi connectivity index (χ2v) is 10.7. The summed E-state index contributed by atoms with van der Waals surface area (Å²) in [5.74, 6) is 0.169. The predicted molar refractivity (Wildman–Crippen MR) is 129 cm³/mol. The van der Waals surface area contributed by atoms with Gasteiger partial charge in [0, 0.05) is 29.7 Å². The van der Waals surface area contributed by atoms with Gasteiger partial charge in [0.05, 0.1) is 17.0 Å². The lowest BCUT2D eigenvalue weighted by atomic mass is 9.96. The van der Waals surface area contributed by atoms with Gasteiger partial charge in [-0.2, -0.15) is 4.31 Å². The van der Waals surface area contributed by atoms with Crippen molar-refractivity contribution in [2.45, 2.75) is 50.0 Å². The maximum absolute atomic E-state index is 13.2. The van der Waals surface area contributed by atoms with Gasteiger partial charge in [0.25, 0.3) is 5.91 Å². The fourth-order valence-electron chi connectivity index (χ4n) is 4.32. The third-order valence-corrected chi connectivity index (χ3v) is 8.49. The molecule has 33 heavy (non-hydrogen) atoms. The lowest BCUT2D eigenvalue weighted by molar-refractivity contribution is 0.0998. The summed E-state index contributed by atoms with van der Waals surface area (Å²) in [7, 11) is -0.491. The van der Waals surface area contributed by atoms with Crippen LogP contribution in [-0.2, 0) is 10.0 Å². The van der Waals surface area contributed by atoms with Crippen LogP contribution in [0.3, 0.4) is 0 Å². The van der Waals surface area contributed by atoms with Gasteiger partial charge in [0.2, 0.25) is 10.0 Å². The topological polar surface area (TPSA) is 88.8 Å². The highest BCUT2D eigenvalue weighted by Gasteiger charge is 2.30. The molecule has 0 unspecified atom stereocenters. The minimum absolute atomic E-state index is 0.0163. The third kappa shape index (κ3) is 4.60. The molecule has 3 aromatic rings. The molecule has 0 saturated heterocycles. The van der Waals surface area contributed by atoms with E-state index in [1.807, 2.05) is 0 Å². The Labute approximate surface area is 198 Å². The van der Waals surface area contributed by atoms with Crippen LogP contribution < -0.4 is 10.1 Å². The van der Waals surface area contributed by atoms with E-state index in [1.165, 1.54) is 17.5 Å². The van der Waals surface area contributed by atoms with E-state index in [-0.39, 0.29) is 16.7 Å². The van der Waals surface area contributed by atoms with Crippen molar-refractivity contribution in [1.29, 1.82) is 0 Å². The Morgan fingerprint density at radius 1 is 1.15 bits per heavy atom. The highest BCUT2D eigenvalue weighted by atomic mass is 35.5. The average Bonchev–Trinajstić information content (AvgIpc) is 3.15. The number of nitrogens with one attached hydrogen (secondary N) is 1. The van der Waals surface area contributed by atoms with Crippen LogP contribution >= 0.6 is 11.6 Å². The molecule has 0 atom stereocenters. The largest absolute Gasteiger partial charge is 0.495 e. The molecule has 4 rings (SSSR count). The fraction of sp³-hybridized carbons (Fsp3) is 0.375. The zero-order valence-electron chi connectivity index (χ0n) is 18.9. The van der Waals surface area contributed by atoms with Crippen LogP contribution in [0.15, 0.2) is 45.7 Å². The van der Waals surface area contributed by atoms with Gasteiger partial charge in [-0.3, -0.25) is 4.79 Å². The minimum atomic E-state index is -3.65. The second kappa shape index (κ2) is 9.37. The Morgan fingerprint density at radius 3 is 2.55 bits per heavy atom. The van der Waals surface area contributed by atoms with Crippen LogP contribution in [0.1, 0.15) is 48.2 Å². The van der Waals surface area contributed by atoms with Crippen LogP contribution in [0, 0.1) is 6.92 Å². The number of hydrogen-bond acceptors (Lipinski definition) is 5. The summed E-state index contributed by atoms with van der Waals surface area (Å²) in [6.07, 6.45) is 4.99. The quantitative estimate of drug-likeness (QED) is 0.485. The number of fused-ring (bicyclic) bond motifs is 1. The molecule has 1 aromatic heterocycles. The fourth-order valence-corrected chi connectivity index (χ4v) is 6.02. The van der Waals surface area contributed by atoms with Gasteiger partial charge in [-0.15, -0.1) is 0 Å². The summed E-state index contributed by atoms with van der Waals surface area (Å²) < 4.78 is 38.9. The first kappa shape index (κ1) is 23.6. The number of rotatable bonds is 6. The molecule has 0 aliphatic heterocycles. The van der Waals surface area contributed by atoms with Crippen molar-refractivity contribution in [3.8, 4) is 5.75 Å². The van der Waals surface area contributed by atoms with Crippen LogP contribution in [0.2, 0.25) is 5.02 Å². The Kier molecular flexibility index (Phi) is 6.70. The number of benzene rings is 2. The van der Waals surface area contributed by atoms with Crippen LogP contribution in [0.25, 0.3) is 11.0 Å². The second-order valence-electron chi connectivity index (χ2n) is 8.33. The molecule has 1 fully saturated rings. The van der Waals surface area contributed by atoms with Crippen LogP contribution in [0.4, 0.5) is 5.69 Å². The number of furan rings is 1. The molecular formula is C24H27ClN2O5S. The Bertz CT molecular complexity index is 1300. The molecule has 0 spiro atoms. The highest BCUT2D eigenvalue weighted by molar-refractivity contribution is 7.89. The van der Waals surface area contributed by atoms with Crippen LogP contribution in [-0.4, -0.2) is 38.8 Å². The number of carbonyl (C=O) groups is 1. The van der Waals surface area contributed by atoms with Gasteiger partial charge >= 0.3 is 0 Å². The van der Waals surface area contributed by atoms with Gasteiger partial charge in [-0.05, 0) is 56.2 Å². The van der Waals surface area contributed by atoms with E-state index >= 15 is 0 Å². The van der Waals surface area contributed by atoms with Crippen molar-refractivity contribution in [1.82, 2.24) is 4.31 Å². The first-order valence-electron chi connectivity index (χ1n) is 10.9. The smallest absolute Gasteiger partial charge is 0.291 e. The van der Waals surface area contributed by atoms with Crippen molar-refractivity contribution in [3.05, 3.63) is 52.7 Å². The van der Waals surface area contributed by atoms with Gasteiger partial charge in [-0.25, -0.2) is 8.42 Å². The summed E-state index contributed by atoms with van der Waals surface area (Å²) in [4.78, 5) is 13.1. The van der Waals surface area contributed by atoms with Crippen molar-refractivity contribution in [2.24, 2.45) is 0 Å². The summed E-state index contributed by atoms with van der Waals surface area (Å²) in [6, 6.07) is 9.65. The average molecular weight is 491 g/mol. The normalized spacial score (nSPS) is 15.2. The number of ether oxygens (including phenoxy) is 1. The molecule has 1 heterocycles.